The van der Waals surface area contributed by atoms with E-state index in [9.17, 15) is 14.0 Å². The van der Waals surface area contributed by atoms with E-state index in [0.717, 1.165) is 12.8 Å². The Labute approximate surface area is 215 Å². The zero-order valence-corrected chi connectivity index (χ0v) is 20.4. The first-order chi connectivity index (χ1) is 18.0. The fourth-order valence-electron chi connectivity index (χ4n) is 6.60. The number of nitrogens with zero attached hydrogens (tertiary/aromatic N) is 2. The number of carbonyl (C=O) groups excluding carboxylic acids is 2. The third-order valence-electron chi connectivity index (χ3n) is 8.26. The summed E-state index contributed by atoms with van der Waals surface area (Å²) >= 11 is 0. The van der Waals surface area contributed by atoms with Gasteiger partial charge in [-0.2, -0.15) is 5.26 Å². The van der Waals surface area contributed by atoms with Gasteiger partial charge in [0.15, 0.2) is 5.78 Å². The van der Waals surface area contributed by atoms with Crippen molar-refractivity contribution in [2.24, 2.45) is 5.92 Å². The molecule has 5 nitrogen and oxygen atoms in total. The Morgan fingerprint density at radius 3 is 2.19 bits per heavy atom. The van der Waals surface area contributed by atoms with E-state index < -0.39 is 5.82 Å². The lowest BCUT2D eigenvalue weighted by Gasteiger charge is -2.38. The summed E-state index contributed by atoms with van der Waals surface area (Å²) in [5.41, 5.74) is 5.57. The Morgan fingerprint density at radius 2 is 1.57 bits per heavy atom. The second kappa shape index (κ2) is 9.48. The van der Waals surface area contributed by atoms with Crippen molar-refractivity contribution < 1.29 is 18.7 Å². The molecule has 0 aromatic heterocycles. The molecular weight excluding hydrogens is 467 g/mol. The summed E-state index contributed by atoms with van der Waals surface area (Å²) in [6.07, 6.45) is 2.45. The minimum Gasteiger partial charge on any atom is -0.448 e. The van der Waals surface area contributed by atoms with Crippen molar-refractivity contribution in [2.75, 3.05) is 6.61 Å². The SMILES string of the molecule is N#CCc1ccc(F)cc1C(=O)C1CC2CCC(C1)N2C(=O)OCC1c2ccccc2-c2ccccc21. The number of carbonyl (C=O) groups is 2. The van der Waals surface area contributed by atoms with Crippen molar-refractivity contribution in [1.82, 2.24) is 4.90 Å². The molecule has 0 spiro atoms. The second-order valence-electron chi connectivity index (χ2n) is 10.3. The minimum atomic E-state index is -0.482. The Balaban J connectivity index is 1.15. The highest BCUT2D eigenvalue weighted by Crippen LogP contribution is 2.45. The molecule has 2 fully saturated rings. The Kier molecular flexibility index (Phi) is 6.00. The van der Waals surface area contributed by atoms with Gasteiger partial charge in [0.2, 0.25) is 0 Å². The second-order valence-corrected chi connectivity index (χ2v) is 10.3. The van der Waals surface area contributed by atoms with E-state index >= 15 is 0 Å². The van der Waals surface area contributed by atoms with Gasteiger partial charge in [0, 0.05) is 29.5 Å². The molecule has 6 heteroatoms. The van der Waals surface area contributed by atoms with Gasteiger partial charge >= 0.3 is 6.09 Å². The Bertz CT molecular complexity index is 1370. The highest BCUT2D eigenvalue weighted by molar-refractivity contribution is 5.99. The van der Waals surface area contributed by atoms with E-state index in [1.165, 1.54) is 40.5 Å². The van der Waals surface area contributed by atoms with Gasteiger partial charge in [0.25, 0.3) is 0 Å². The number of amides is 1. The molecular formula is C31H27FN2O3. The number of ketones is 1. The number of fused-ring (bicyclic) bond motifs is 5. The van der Waals surface area contributed by atoms with Crippen LogP contribution in [0.4, 0.5) is 9.18 Å². The number of Topliss-reactive ketones (excluding diaryl/α,β-unsaturated/α-hetero) is 1. The summed E-state index contributed by atoms with van der Waals surface area (Å²) in [5.74, 6) is -0.910. The lowest BCUT2D eigenvalue weighted by molar-refractivity contribution is 0.0505. The lowest BCUT2D eigenvalue weighted by Crippen LogP contribution is -2.48. The van der Waals surface area contributed by atoms with Crippen LogP contribution in [-0.2, 0) is 11.2 Å². The van der Waals surface area contributed by atoms with Gasteiger partial charge in [0.1, 0.15) is 12.4 Å². The van der Waals surface area contributed by atoms with Crippen LogP contribution in [0.3, 0.4) is 0 Å². The summed E-state index contributed by atoms with van der Waals surface area (Å²) in [6.45, 7) is 0.270. The highest BCUT2D eigenvalue weighted by Gasteiger charge is 2.46. The molecule has 0 radical (unpaired) electrons. The lowest BCUT2D eigenvalue weighted by atomic mass is 9.83. The van der Waals surface area contributed by atoms with Gasteiger partial charge in [-0.05, 0) is 65.6 Å². The van der Waals surface area contributed by atoms with Crippen LogP contribution < -0.4 is 0 Å². The smallest absolute Gasteiger partial charge is 0.410 e. The van der Waals surface area contributed by atoms with Crippen molar-refractivity contribution in [2.45, 2.75) is 50.1 Å². The molecule has 2 heterocycles. The molecule has 6 rings (SSSR count). The van der Waals surface area contributed by atoms with Gasteiger partial charge < -0.3 is 9.64 Å². The highest BCUT2D eigenvalue weighted by atomic mass is 19.1. The summed E-state index contributed by atoms with van der Waals surface area (Å²) in [6, 6.07) is 22.5. The first kappa shape index (κ1) is 23.4. The van der Waals surface area contributed by atoms with Crippen molar-refractivity contribution in [3.8, 4) is 17.2 Å². The first-order valence-electron chi connectivity index (χ1n) is 12.9. The standard InChI is InChI=1S/C31H27FN2O3/c32-21-10-9-19(13-14-33)28(17-21)30(35)20-15-22-11-12-23(16-20)34(22)31(36)37-18-29-26-7-3-1-5-24(26)25-6-2-4-8-27(25)29/h1-10,17,20,22-23,29H,11-13,15-16,18H2. The minimum absolute atomic E-state index is 0.000322. The molecule has 2 atom stereocenters. The number of rotatable bonds is 5. The van der Waals surface area contributed by atoms with Crippen LogP contribution >= 0.6 is 0 Å². The van der Waals surface area contributed by atoms with Crippen LogP contribution in [0.2, 0.25) is 0 Å². The van der Waals surface area contributed by atoms with Crippen molar-refractivity contribution in [1.29, 1.82) is 5.26 Å². The molecule has 1 aliphatic carbocycles. The number of benzene rings is 3. The van der Waals surface area contributed by atoms with E-state index in [-0.39, 0.29) is 48.8 Å². The van der Waals surface area contributed by atoms with E-state index in [0.29, 0.717) is 24.0 Å². The average Bonchev–Trinajstić information content (AvgIpc) is 3.38. The van der Waals surface area contributed by atoms with Crippen LogP contribution in [0.5, 0.6) is 0 Å². The van der Waals surface area contributed by atoms with Gasteiger partial charge in [0.05, 0.1) is 12.5 Å². The van der Waals surface area contributed by atoms with Gasteiger partial charge in [-0.1, -0.05) is 54.6 Å². The number of ether oxygens (including phenoxy) is 1. The first-order valence-corrected chi connectivity index (χ1v) is 12.9. The topological polar surface area (TPSA) is 70.4 Å². The zero-order valence-electron chi connectivity index (χ0n) is 20.4. The normalized spacial score (nSPS) is 21.7. The molecule has 37 heavy (non-hydrogen) atoms. The molecule has 1 amide bonds. The maximum absolute atomic E-state index is 13.9. The predicted molar refractivity (Wildman–Crippen MR) is 136 cm³/mol. The van der Waals surface area contributed by atoms with Gasteiger partial charge in [-0.25, -0.2) is 9.18 Å². The van der Waals surface area contributed by atoms with Crippen LogP contribution in [0.1, 0.15) is 58.6 Å². The summed E-state index contributed by atoms with van der Waals surface area (Å²) < 4.78 is 19.9. The molecule has 2 aliphatic heterocycles. The number of hydrogen-bond acceptors (Lipinski definition) is 4. The molecule has 2 bridgehead atoms. The Hall–Kier alpha value is -3.98. The van der Waals surface area contributed by atoms with Gasteiger partial charge in [-0.3, -0.25) is 4.79 Å². The van der Waals surface area contributed by atoms with E-state index in [2.05, 4.69) is 30.3 Å². The maximum atomic E-state index is 13.9. The average molecular weight is 495 g/mol. The maximum Gasteiger partial charge on any atom is 0.410 e. The molecule has 0 N–H and O–H groups in total. The third kappa shape index (κ3) is 4.09. The monoisotopic (exact) mass is 494 g/mol. The number of nitriles is 1. The molecule has 3 aromatic carbocycles. The van der Waals surface area contributed by atoms with E-state index in [1.807, 2.05) is 29.2 Å². The van der Waals surface area contributed by atoms with Crippen molar-refractivity contribution >= 4 is 11.9 Å². The fourth-order valence-corrected chi connectivity index (χ4v) is 6.60. The molecule has 3 aromatic rings. The van der Waals surface area contributed by atoms with Crippen LogP contribution in [0.25, 0.3) is 11.1 Å². The summed E-state index contributed by atoms with van der Waals surface area (Å²) in [5, 5.41) is 9.12. The largest absolute Gasteiger partial charge is 0.448 e. The number of halogens is 1. The van der Waals surface area contributed by atoms with Crippen LogP contribution in [0.15, 0.2) is 66.7 Å². The van der Waals surface area contributed by atoms with E-state index in [1.54, 1.807) is 0 Å². The Morgan fingerprint density at radius 1 is 0.946 bits per heavy atom. The number of piperidine rings is 1. The van der Waals surface area contributed by atoms with Crippen LogP contribution in [-0.4, -0.2) is 35.5 Å². The van der Waals surface area contributed by atoms with E-state index in [4.69, 9.17) is 10.00 Å². The molecule has 3 aliphatic rings. The van der Waals surface area contributed by atoms with Crippen molar-refractivity contribution in [3.05, 3.63) is 94.8 Å². The van der Waals surface area contributed by atoms with Crippen LogP contribution in [0, 0.1) is 23.1 Å². The third-order valence-corrected chi connectivity index (χ3v) is 8.26. The molecule has 186 valence electrons. The molecule has 2 unspecified atom stereocenters. The fraction of sp³-hybridized carbons (Fsp3) is 0.323. The van der Waals surface area contributed by atoms with Crippen molar-refractivity contribution in [3.63, 3.8) is 0 Å². The summed E-state index contributed by atoms with van der Waals surface area (Å²) in [7, 11) is 0. The molecule has 0 saturated carbocycles. The predicted octanol–water partition coefficient (Wildman–Crippen LogP) is 6.27. The quantitative estimate of drug-likeness (QED) is 0.392. The summed E-state index contributed by atoms with van der Waals surface area (Å²) in [4.78, 5) is 28.5. The molecule has 2 saturated heterocycles. The zero-order chi connectivity index (χ0) is 25.5. The van der Waals surface area contributed by atoms with Gasteiger partial charge in [-0.15, -0.1) is 0 Å². The number of hydrogen-bond donors (Lipinski definition) is 0.